The van der Waals surface area contributed by atoms with Crippen LogP contribution in [0.5, 0.6) is 0 Å². The van der Waals surface area contributed by atoms with Crippen molar-refractivity contribution in [2.75, 3.05) is 13.1 Å². The highest BCUT2D eigenvalue weighted by Gasteiger charge is 2.25. The zero-order chi connectivity index (χ0) is 9.10. The van der Waals surface area contributed by atoms with E-state index in [1.165, 1.54) is 6.42 Å². The fourth-order valence-corrected chi connectivity index (χ4v) is 1.92. The standard InChI is InChI=1S/C10H16N2O/c13-10(9-5-1-2-6-9)12-8-4-3-7-11-12/h1-2,9,11H,3-8H2. The minimum Gasteiger partial charge on any atom is -0.278 e. The third-order valence-corrected chi connectivity index (χ3v) is 2.73. The molecule has 0 aromatic rings. The summed E-state index contributed by atoms with van der Waals surface area (Å²) in [5, 5.41) is 1.81. The lowest BCUT2D eigenvalue weighted by Crippen LogP contribution is -2.49. The monoisotopic (exact) mass is 180 g/mol. The Morgan fingerprint density at radius 1 is 1.31 bits per heavy atom. The van der Waals surface area contributed by atoms with Crippen LogP contribution in [0, 0.1) is 5.92 Å². The smallest absolute Gasteiger partial charge is 0.240 e. The molecule has 3 nitrogen and oxygen atoms in total. The van der Waals surface area contributed by atoms with Crippen molar-refractivity contribution in [1.29, 1.82) is 0 Å². The Labute approximate surface area is 78.8 Å². The van der Waals surface area contributed by atoms with E-state index in [9.17, 15) is 4.79 Å². The lowest BCUT2D eigenvalue weighted by molar-refractivity contribution is -0.139. The summed E-state index contributed by atoms with van der Waals surface area (Å²) in [5.74, 6) is 0.496. The van der Waals surface area contributed by atoms with E-state index in [4.69, 9.17) is 0 Å². The number of nitrogens with one attached hydrogen (secondary N) is 1. The molecule has 0 atom stereocenters. The number of rotatable bonds is 1. The van der Waals surface area contributed by atoms with E-state index in [0.29, 0.717) is 0 Å². The van der Waals surface area contributed by atoms with Crippen LogP contribution >= 0.6 is 0 Å². The fraction of sp³-hybridized carbons (Fsp3) is 0.700. The van der Waals surface area contributed by atoms with Gasteiger partial charge in [0.05, 0.1) is 0 Å². The molecule has 3 heteroatoms. The summed E-state index contributed by atoms with van der Waals surface area (Å²) in [7, 11) is 0. The molecule has 1 heterocycles. The molecule has 2 rings (SSSR count). The number of amides is 1. The van der Waals surface area contributed by atoms with Crippen molar-refractivity contribution in [1.82, 2.24) is 10.4 Å². The van der Waals surface area contributed by atoms with Crippen LogP contribution in [0.3, 0.4) is 0 Å². The second kappa shape index (κ2) is 3.92. The summed E-state index contributed by atoms with van der Waals surface area (Å²) in [6.45, 7) is 1.83. The molecular formula is C10H16N2O. The molecule has 1 N–H and O–H groups in total. The van der Waals surface area contributed by atoms with Crippen LogP contribution < -0.4 is 5.43 Å². The maximum absolute atomic E-state index is 11.8. The average molecular weight is 180 g/mol. The van der Waals surface area contributed by atoms with Crippen LogP contribution in [0.1, 0.15) is 25.7 Å². The maximum Gasteiger partial charge on any atom is 0.240 e. The number of carbonyl (C=O) groups is 1. The summed E-state index contributed by atoms with van der Waals surface area (Å²) in [6, 6.07) is 0. The quantitative estimate of drug-likeness (QED) is 0.612. The molecular weight excluding hydrogens is 164 g/mol. The maximum atomic E-state index is 11.8. The van der Waals surface area contributed by atoms with Crippen molar-refractivity contribution in [2.45, 2.75) is 25.7 Å². The van der Waals surface area contributed by atoms with Crippen molar-refractivity contribution < 1.29 is 4.79 Å². The van der Waals surface area contributed by atoms with Gasteiger partial charge < -0.3 is 0 Å². The van der Waals surface area contributed by atoms with Gasteiger partial charge in [-0.2, -0.15) is 0 Å². The highest BCUT2D eigenvalue weighted by Crippen LogP contribution is 2.20. The number of carbonyl (C=O) groups excluding carboxylic acids is 1. The van der Waals surface area contributed by atoms with Gasteiger partial charge in [-0.15, -0.1) is 0 Å². The average Bonchev–Trinajstić information content (AvgIpc) is 2.71. The fourth-order valence-electron chi connectivity index (χ4n) is 1.92. The molecule has 72 valence electrons. The number of nitrogens with zero attached hydrogens (tertiary/aromatic N) is 1. The van der Waals surface area contributed by atoms with Crippen LogP contribution in [0.4, 0.5) is 0 Å². The summed E-state index contributed by atoms with van der Waals surface area (Å²) in [4.78, 5) is 11.8. The first-order chi connectivity index (χ1) is 6.38. The van der Waals surface area contributed by atoms with Gasteiger partial charge in [-0.05, 0) is 25.7 Å². The lowest BCUT2D eigenvalue weighted by Gasteiger charge is -2.29. The van der Waals surface area contributed by atoms with Crippen LogP contribution in [0.25, 0.3) is 0 Å². The first kappa shape index (κ1) is 8.75. The molecule has 0 aromatic carbocycles. The number of hydrazine groups is 1. The molecule has 0 spiro atoms. The van der Waals surface area contributed by atoms with Gasteiger partial charge >= 0.3 is 0 Å². The molecule has 0 radical (unpaired) electrons. The SMILES string of the molecule is O=C(C1CC=CC1)N1CCCCN1. The number of allylic oxidation sites excluding steroid dienone is 2. The van der Waals surface area contributed by atoms with Crippen molar-refractivity contribution >= 4 is 5.91 Å². The Bertz CT molecular complexity index is 211. The summed E-state index contributed by atoms with van der Waals surface area (Å²) in [6.07, 6.45) is 8.39. The van der Waals surface area contributed by atoms with Crippen molar-refractivity contribution in [3.8, 4) is 0 Å². The van der Waals surface area contributed by atoms with Gasteiger partial charge in [-0.1, -0.05) is 12.2 Å². The van der Waals surface area contributed by atoms with Gasteiger partial charge in [-0.25, -0.2) is 5.43 Å². The lowest BCUT2D eigenvalue weighted by atomic mass is 10.1. The summed E-state index contributed by atoms with van der Waals surface area (Å²) < 4.78 is 0. The van der Waals surface area contributed by atoms with Crippen LogP contribution in [0.2, 0.25) is 0 Å². The van der Waals surface area contributed by atoms with Crippen molar-refractivity contribution in [2.24, 2.45) is 5.92 Å². The molecule has 0 bridgehead atoms. The molecule has 0 aromatic heterocycles. The van der Waals surface area contributed by atoms with E-state index in [-0.39, 0.29) is 11.8 Å². The molecule has 1 saturated heterocycles. The Morgan fingerprint density at radius 2 is 2.08 bits per heavy atom. The van der Waals surface area contributed by atoms with Crippen LogP contribution in [-0.2, 0) is 4.79 Å². The van der Waals surface area contributed by atoms with E-state index >= 15 is 0 Å². The van der Waals surface area contributed by atoms with Crippen LogP contribution in [0.15, 0.2) is 12.2 Å². The first-order valence-electron chi connectivity index (χ1n) is 5.08. The minimum atomic E-state index is 0.214. The predicted molar refractivity (Wildman–Crippen MR) is 50.8 cm³/mol. The molecule has 1 aliphatic carbocycles. The topological polar surface area (TPSA) is 32.3 Å². The Balaban J connectivity index is 1.88. The third kappa shape index (κ3) is 1.91. The largest absolute Gasteiger partial charge is 0.278 e. The minimum absolute atomic E-state index is 0.214. The zero-order valence-corrected chi connectivity index (χ0v) is 7.83. The van der Waals surface area contributed by atoms with E-state index in [0.717, 1.165) is 32.4 Å². The zero-order valence-electron chi connectivity index (χ0n) is 7.83. The van der Waals surface area contributed by atoms with E-state index in [2.05, 4.69) is 17.6 Å². The number of hydrogen-bond donors (Lipinski definition) is 1. The van der Waals surface area contributed by atoms with Crippen LogP contribution in [-0.4, -0.2) is 24.0 Å². The molecule has 0 saturated carbocycles. The van der Waals surface area contributed by atoms with Gasteiger partial charge in [-0.3, -0.25) is 9.80 Å². The Morgan fingerprint density at radius 3 is 2.69 bits per heavy atom. The van der Waals surface area contributed by atoms with E-state index in [1.54, 1.807) is 5.01 Å². The third-order valence-electron chi connectivity index (χ3n) is 2.73. The molecule has 1 aliphatic heterocycles. The molecule has 1 fully saturated rings. The van der Waals surface area contributed by atoms with Crippen molar-refractivity contribution in [3.05, 3.63) is 12.2 Å². The Hall–Kier alpha value is -0.830. The normalized spacial score (nSPS) is 23.8. The van der Waals surface area contributed by atoms with Gasteiger partial charge in [0.1, 0.15) is 0 Å². The van der Waals surface area contributed by atoms with Gasteiger partial charge in [0.15, 0.2) is 0 Å². The first-order valence-corrected chi connectivity index (χ1v) is 5.08. The van der Waals surface area contributed by atoms with Gasteiger partial charge in [0.25, 0.3) is 0 Å². The Kier molecular flexibility index (Phi) is 2.64. The van der Waals surface area contributed by atoms with Crippen molar-refractivity contribution in [3.63, 3.8) is 0 Å². The highest BCUT2D eigenvalue weighted by molar-refractivity contribution is 5.79. The second-order valence-corrected chi connectivity index (χ2v) is 3.74. The molecule has 13 heavy (non-hydrogen) atoms. The van der Waals surface area contributed by atoms with Gasteiger partial charge in [0, 0.05) is 19.0 Å². The summed E-state index contributed by atoms with van der Waals surface area (Å²) >= 11 is 0. The highest BCUT2D eigenvalue weighted by atomic mass is 16.2. The van der Waals surface area contributed by atoms with Gasteiger partial charge in [0.2, 0.25) is 5.91 Å². The predicted octanol–water partition coefficient (Wildman–Crippen LogP) is 1.08. The second-order valence-electron chi connectivity index (χ2n) is 3.74. The van der Waals surface area contributed by atoms with E-state index < -0.39 is 0 Å². The molecule has 0 unspecified atom stereocenters. The number of hydrogen-bond acceptors (Lipinski definition) is 2. The molecule has 1 amide bonds. The summed E-state index contributed by atoms with van der Waals surface area (Å²) in [5.41, 5.74) is 3.15. The molecule has 2 aliphatic rings. The van der Waals surface area contributed by atoms with E-state index in [1.807, 2.05) is 0 Å².